The number of carbonyl (C=O) groups is 1. The number of benzene rings is 2. The zero-order valence-corrected chi connectivity index (χ0v) is 20.5. The second kappa shape index (κ2) is 9.70. The van der Waals surface area contributed by atoms with E-state index in [0.717, 1.165) is 29.8 Å². The summed E-state index contributed by atoms with van der Waals surface area (Å²) in [4.78, 5) is 38.2. The van der Waals surface area contributed by atoms with Crippen LogP contribution in [0.4, 0.5) is 0 Å². The number of halogens is 1. The summed E-state index contributed by atoms with van der Waals surface area (Å²) in [6, 6.07) is 15.6. The monoisotopic (exact) mass is 492 g/mol. The highest BCUT2D eigenvalue weighted by atomic mass is 35.5. The lowest BCUT2D eigenvalue weighted by atomic mass is 10.1. The van der Waals surface area contributed by atoms with Gasteiger partial charge in [0.2, 0.25) is 5.91 Å². The summed E-state index contributed by atoms with van der Waals surface area (Å²) in [7, 11) is 0. The van der Waals surface area contributed by atoms with Gasteiger partial charge in [-0.1, -0.05) is 59.6 Å². The molecule has 4 aromatic rings. The maximum absolute atomic E-state index is 12.9. The molecule has 1 N–H and O–H groups in total. The maximum Gasteiger partial charge on any atom is 0.260 e. The average molecular weight is 493 g/mol. The number of aromatic nitrogens is 2. The standard InChI is InChI=1S/C26H25ClN4O2S/c1-17-6-8-18(9-7-17)14-23(32)31-12-10-30(11-13-31)15-22-28-25(33)24-20(16-34-26(24)29-22)19-4-2-3-5-21(19)27/h2-9,16H,10-15H2,1H3,(H,28,29,33). The molecule has 8 heteroatoms. The molecule has 174 valence electrons. The van der Waals surface area contributed by atoms with Gasteiger partial charge in [-0.05, 0) is 18.6 Å². The zero-order valence-electron chi connectivity index (χ0n) is 18.9. The van der Waals surface area contributed by atoms with Gasteiger partial charge in [0.25, 0.3) is 5.56 Å². The molecule has 34 heavy (non-hydrogen) atoms. The van der Waals surface area contributed by atoms with E-state index in [0.29, 0.717) is 47.1 Å². The predicted molar refractivity (Wildman–Crippen MR) is 137 cm³/mol. The molecule has 1 aliphatic rings. The van der Waals surface area contributed by atoms with Gasteiger partial charge in [0.05, 0.1) is 18.4 Å². The average Bonchev–Trinajstić information content (AvgIpc) is 3.26. The summed E-state index contributed by atoms with van der Waals surface area (Å²) in [5, 5.41) is 3.13. The van der Waals surface area contributed by atoms with Crippen LogP contribution in [0.5, 0.6) is 0 Å². The van der Waals surface area contributed by atoms with Gasteiger partial charge in [-0.25, -0.2) is 4.98 Å². The third-order valence-corrected chi connectivity index (χ3v) is 7.43. The Balaban J connectivity index is 1.24. The number of fused-ring (bicyclic) bond motifs is 1. The van der Waals surface area contributed by atoms with E-state index in [2.05, 4.69) is 9.88 Å². The highest BCUT2D eigenvalue weighted by molar-refractivity contribution is 7.17. The van der Waals surface area contributed by atoms with Crippen molar-refractivity contribution in [2.75, 3.05) is 26.2 Å². The number of aromatic amines is 1. The Bertz CT molecular complexity index is 1390. The smallest absolute Gasteiger partial charge is 0.260 e. The number of aryl methyl sites for hydroxylation is 1. The van der Waals surface area contributed by atoms with Crippen molar-refractivity contribution in [2.45, 2.75) is 19.9 Å². The molecule has 1 aliphatic heterocycles. The van der Waals surface area contributed by atoms with Crippen LogP contribution in [-0.4, -0.2) is 51.9 Å². The number of thiophene rings is 1. The molecular weight excluding hydrogens is 468 g/mol. The van der Waals surface area contributed by atoms with E-state index >= 15 is 0 Å². The third kappa shape index (κ3) is 4.78. The molecule has 0 atom stereocenters. The molecule has 1 fully saturated rings. The third-order valence-electron chi connectivity index (χ3n) is 6.23. The Kier molecular flexibility index (Phi) is 6.50. The SMILES string of the molecule is Cc1ccc(CC(=O)N2CCN(Cc3nc4scc(-c5ccccc5Cl)c4c(=O)[nH]3)CC2)cc1. The van der Waals surface area contributed by atoms with Gasteiger partial charge in [0, 0.05) is 47.7 Å². The van der Waals surface area contributed by atoms with Crippen molar-refractivity contribution < 1.29 is 4.79 Å². The second-order valence-corrected chi connectivity index (χ2v) is 9.91. The van der Waals surface area contributed by atoms with Crippen LogP contribution in [0, 0.1) is 6.92 Å². The van der Waals surface area contributed by atoms with Crippen LogP contribution in [0.15, 0.2) is 58.7 Å². The molecule has 0 aliphatic carbocycles. The van der Waals surface area contributed by atoms with Crippen LogP contribution in [-0.2, 0) is 17.8 Å². The molecule has 0 unspecified atom stereocenters. The lowest BCUT2D eigenvalue weighted by Gasteiger charge is -2.34. The van der Waals surface area contributed by atoms with E-state index in [4.69, 9.17) is 16.6 Å². The highest BCUT2D eigenvalue weighted by Crippen LogP contribution is 2.34. The van der Waals surface area contributed by atoms with Crippen molar-refractivity contribution in [3.05, 3.63) is 86.2 Å². The van der Waals surface area contributed by atoms with Crippen molar-refractivity contribution in [1.29, 1.82) is 0 Å². The molecule has 5 rings (SSSR count). The maximum atomic E-state index is 12.9. The van der Waals surface area contributed by atoms with Crippen molar-refractivity contribution in [2.24, 2.45) is 0 Å². The molecule has 2 aromatic carbocycles. The van der Waals surface area contributed by atoms with Crippen molar-refractivity contribution in [3.8, 4) is 11.1 Å². The molecular formula is C26H25ClN4O2S. The predicted octanol–water partition coefficient (Wildman–Crippen LogP) is 4.50. The Morgan fingerprint density at radius 1 is 1.06 bits per heavy atom. The zero-order chi connectivity index (χ0) is 23.7. The molecule has 6 nitrogen and oxygen atoms in total. The van der Waals surface area contributed by atoms with Crippen LogP contribution in [0.1, 0.15) is 17.0 Å². The van der Waals surface area contributed by atoms with E-state index in [1.165, 1.54) is 16.9 Å². The molecule has 1 amide bonds. The van der Waals surface area contributed by atoms with Crippen molar-refractivity contribution >= 4 is 39.1 Å². The lowest BCUT2D eigenvalue weighted by Crippen LogP contribution is -2.49. The minimum Gasteiger partial charge on any atom is -0.340 e. The quantitative estimate of drug-likeness (QED) is 0.445. The number of amides is 1. The lowest BCUT2D eigenvalue weighted by molar-refractivity contribution is -0.132. The fourth-order valence-corrected chi connectivity index (χ4v) is 5.50. The number of carbonyl (C=O) groups excluding carboxylic acids is 1. The summed E-state index contributed by atoms with van der Waals surface area (Å²) in [6.45, 7) is 5.43. The topological polar surface area (TPSA) is 69.3 Å². The van der Waals surface area contributed by atoms with Crippen LogP contribution in [0.25, 0.3) is 21.3 Å². The summed E-state index contributed by atoms with van der Waals surface area (Å²) in [5.74, 6) is 0.798. The van der Waals surface area contributed by atoms with Crippen molar-refractivity contribution in [1.82, 2.24) is 19.8 Å². The van der Waals surface area contributed by atoms with Crippen LogP contribution in [0.2, 0.25) is 5.02 Å². The van der Waals surface area contributed by atoms with Gasteiger partial charge >= 0.3 is 0 Å². The molecule has 0 spiro atoms. The fourth-order valence-electron chi connectivity index (χ4n) is 4.31. The van der Waals surface area contributed by atoms with Gasteiger partial charge in [-0.15, -0.1) is 11.3 Å². The first-order valence-electron chi connectivity index (χ1n) is 11.3. The summed E-state index contributed by atoms with van der Waals surface area (Å²) >= 11 is 7.80. The molecule has 3 heterocycles. The molecule has 0 saturated carbocycles. The van der Waals surface area contributed by atoms with Gasteiger partial charge < -0.3 is 9.88 Å². The molecule has 1 saturated heterocycles. The Hall–Kier alpha value is -3.00. The Morgan fingerprint density at radius 3 is 2.53 bits per heavy atom. The number of piperazine rings is 1. The summed E-state index contributed by atoms with van der Waals surface area (Å²) in [5.41, 5.74) is 3.73. The summed E-state index contributed by atoms with van der Waals surface area (Å²) in [6.07, 6.45) is 0.429. The van der Waals surface area contributed by atoms with E-state index in [-0.39, 0.29) is 11.5 Å². The number of nitrogens with one attached hydrogen (secondary N) is 1. The van der Waals surface area contributed by atoms with Crippen LogP contribution < -0.4 is 5.56 Å². The normalized spacial score (nSPS) is 14.6. The number of hydrogen-bond donors (Lipinski definition) is 1. The number of hydrogen-bond acceptors (Lipinski definition) is 5. The highest BCUT2D eigenvalue weighted by Gasteiger charge is 2.22. The van der Waals surface area contributed by atoms with Gasteiger partial charge in [-0.2, -0.15) is 0 Å². The first kappa shape index (κ1) is 22.8. The second-order valence-electron chi connectivity index (χ2n) is 8.64. The van der Waals surface area contributed by atoms with E-state index in [1.807, 2.05) is 65.7 Å². The van der Waals surface area contributed by atoms with Gasteiger partial charge in [0.1, 0.15) is 10.7 Å². The minimum absolute atomic E-state index is 0.150. The first-order valence-corrected chi connectivity index (χ1v) is 12.5. The number of nitrogens with zero attached hydrogens (tertiary/aromatic N) is 3. The molecule has 2 aromatic heterocycles. The van der Waals surface area contributed by atoms with Crippen LogP contribution >= 0.6 is 22.9 Å². The van der Waals surface area contributed by atoms with Crippen molar-refractivity contribution in [3.63, 3.8) is 0 Å². The van der Waals surface area contributed by atoms with Gasteiger partial charge in [0.15, 0.2) is 0 Å². The number of rotatable bonds is 5. The fraction of sp³-hybridized carbons (Fsp3) is 0.269. The van der Waals surface area contributed by atoms with E-state index in [1.54, 1.807) is 0 Å². The largest absolute Gasteiger partial charge is 0.340 e. The number of H-pyrrole nitrogens is 1. The Labute approximate surface area is 206 Å². The van der Waals surface area contributed by atoms with Gasteiger partial charge in [-0.3, -0.25) is 14.5 Å². The Morgan fingerprint density at radius 2 is 1.79 bits per heavy atom. The first-order chi connectivity index (χ1) is 16.5. The minimum atomic E-state index is -0.150. The van der Waals surface area contributed by atoms with E-state index in [9.17, 15) is 9.59 Å². The molecule has 0 radical (unpaired) electrons. The van der Waals surface area contributed by atoms with Crippen LogP contribution in [0.3, 0.4) is 0 Å². The molecule has 0 bridgehead atoms. The van der Waals surface area contributed by atoms with E-state index < -0.39 is 0 Å². The summed E-state index contributed by atoms with van der Waals surface area (Å²) < 4.78 is 0.